The van der Waals surface area contributed by atoms with Gasteiger partial charge in [-0.25, -0.2) is 4.98 Å². The van der Waals surface area contributed by atoms with Crippen LogP contribution >= 0.6 is 34.7 Å². The molecular formula is C26H22ClN3O2S2. The highest BCUT2D eigenvalue weighted by Crippen LogP contribution is 2.28. The minimum Gasteiger partial charge on any atom is -0.322 e. The fraction of sp³-hybridized carbons (Fsp3) is 0.115. The number of carbonyl (C=O) groups excluding carboxylic acids is 2. The van der Waals surface area contributed by atoms with E-state index in [2.05, 4.69) is 15.6 Å². The average Bonchev–Trinajstić information content (AvgIpc) is 3.29. The van der Waals surface area contributed by atoms with Gasteiger partial charge in [-0.1, -0.05) is 41.4 Å². The summed E-state index contributed by atoms with van der Waals surface area (Å²) in [5, 5.41) is 8.58. The molecule has 2 amide bonds. The summed E-state index contributed by atoms with van der Waals surface area (Å²) in [7, 11) is 0. The van der Waals surface area contributed by atoms with Crippen molar-refractivity contribution in [2.45, 2.75) is 24.0 Å². The number of benzene rings is 3. The van der Waals surface area contributed by atoms with Gasteiger partial charge in [-0.2, -0.15) is 0 Å². The lowest BCUT2D eigenvalue weighted by Crippen LogP contribution is -2.22. The molecule has 2 N–H and O–H groups in total. The first-order chi connectivity index (χ1) is 16.4. The van der Waals surface area contributed by atoms with Crippen LogP contribution in [0, 0.1) is 6.92 Å². The molecule has 1 aromatic heterocycles. The van der Waals surface area contributed by atoms with E-state index in [0.29, 0.717) is 21.4 Å². The third-order valence-electron chi connectivity index (χ3n) is 4.98. The van der Waals surface area contributed by atoms with Gasteiger partial charge in [-0.3, -0.25) is 9.59 Å². The van der Waals surface area contributed by atoms with Crippen LogP contribution in [0.3, 0.4) is 0 Å². The Bertz CT molecular complexity index is 1290. The molecule has 5 nitrogen and oxygen atoms in total. The second-order valence-corrected chi connectivity index (χ2v) is 10.3. The van der Waals surface area contributed by atoms with Crippen molar-refractivity contribution in [3.8, 4) is 11.3 Å². The van der Waals surface area contributed by atoms with Crippen LogP contribution in [0.15, 0.2) is 83.1 Å². The minimum absolute atomic E-state index is 0.126. The van der Waals surface area contributed by atoms with Gasteiger partial charge in [0.25, 0.3) is 5.91 Å². The van der Waals surface area contributed by atoms with E-state index in [4.69, 9.17) is 11.6 Å². The topological polar surface area (TPSA) is 71.1 Å². The lowest BCUT2D eigenvalue weighted by Gasteiger charge is -2.11. The molecule has 0 fully saturated rings. The molecule has 0 radical (unpaired) electrons. The third kappa shape index (κ3) is 6.26. The van der Waals surface area contributed by atoms with Gasteiger partial charge in [0.1, 0.15) is 0 Å². The molecule has 0 spiro atoms. The van der Waals surface area contributed by atoms with Gasteiger partial charge in [0.2, 0.25) is 5.91 Å². The zero-order chi connectivity index (χ0) is 24.1. The van der Waals surface area contributed by atoms with Gasteiger partial charge in [-0.05, 0) is 62.4 Å². The number of carbonyl (C=O) groups is 2. The molecular weight excluding hydrogens is 486 g/mol. The Kier molecular flexibility index (Phi) is 7.67. The maximum absolute atomic E-state index is 12.7. The predicted octanol–water partition coefficient (Wildman–Crippen LogP) is 7.14. The fourth-order valence-corrected chi connectivity index (χ4v) is 4.79. The number of thiazole rings is 1. The molecule has 34 heavy (non-hydrogen) atoms. The molecule has 0 aliphatic carbocycles. The van der Waals surface area contributed by atoms with E-state index in [1.807, 2.05) is 79.9 Å². The van der Waals surface area contributed by atoms with E-state index in [9.17, 15) is 9.59 Å². The van der Waals surface area contributed by atoms with Crippen LogP contribution in [-0.4, -0.2) is 22.0 Å². The quantitative estimate of drug-likeness (QED) is 0.261. The molecule has 1 unspecified atom stereocenters. The maximum Gasteiger partial charge on any atom is 0.255 e. The third-order valence-corrected chi connectivity index (χ3v) is 7.10. The van der Waals surface area contributed by atoms with Crippen molar-refractivity contribution in [2.75, 3.05) is 10.6 Å². The largest absolute Gasteiger partial charge is 0.322 e. The molecule has 1 heterocycles. The number of thioether (sulfide) groups is 1. The second kappa shape index (κ2) is 10.9. The molecule has 0 saturated heterocycles. The van der Waals surface area contributed by atoms with Crippen LogP contribution in [0.2, 0.25) is 5.02 Å². The van der Waals surface area contributed by atoms with Crippen molar-refractivity contribution >= 4 is 57.3 Å². The van der Waals surface area contributed by atoms with Crippen molar-refractivity contribution in [1.82, 2.24) is 4.98 Å². The first-order valence-corrected chi connectivity index (χ1v) is 12.7. The lowest BCUT2D eigenvalue weighted by molar-refractivity contribution is -0.115. The molecule has 1 atom stereocenters. The summed E-state index contributed by atoms with van der Waals surface area (Å²) in [5.74, 6) is -0.284. The molecule has 172 valence electrons. The number of halogens is 1. The number of rotatable bonds is 7. The Hall–Kier alpha value is -3.13. The van der Waals surface area contributed by atoms with Crippen molar-refractivity contribution in [2.24, 2.45) is 0 Å². The smallest absolute Gasteiger partial charge is 0.255 e. The monoisotopic (exact) mass is 507 g/mol. The van der Waals surface area contributed by atoms with Gasteiger partial charge in [0.15, 0.2) is 5.13 Å². The number of nitrogens with one attached hydrogen (secondary N) is 2. The minimum atomic E-state index is -0.323. The maximum atomic E-state index is 12.7. The van der Waals surface area contributed by atoms with E-state index in [1.165, 1.54) is 23.1 Å². The molecule has 0 bridgehead atoms. The summed E-state index contributed by atoms with van der Waals surface area (Å²) in [6.07, 6.45) is 0. The van der Waals surface area contributed by atoms with Gasteiger partial charge in [0.05, 0.1) is 10.9 Å². The summed E-state index contributed by atoms with van der Waals surface area (Å²) in [6, 6.07) is 22.3. The molecule has 4 aromatic rings. The number of hydrogen-bond donors (Lipinski definition) is 2. The number of aromatic nitrogens is 1. The van der Waals surface area contributed by atoms with Gasteiger partial charge in [-0.15, -0.1) is 23.1 Å². The predicted molar refractivity (Wildman–Crippen MR) is 142 cm³/mol. The van der Waals surface area contributed by atoms with Crippen molar-refractivity contribution in [3.63, 3.8) is 0 Å². The number of amides is 2. The molecule has 0 aliphatic rings. The van der Waals surface area contributed by atoms with Crippen molar-refractivity contribution in [3.05, 3.63) is 94.3 Å². The molecule has 8 heteroatoms. The van der Waals surface area contributed by atoms with Crippen LogP contribution < -0.4 is 10.6 Å². The van der Waals surface area contributed by atoms with Crippen LogP contribution in [0.5, 0.6) is 0 Å². The Morgan fingerprint density at radius 3 is 2.29 bits per heavy atom. The number of anilines is 2. The SMILES string of the molecule is Cc1ccc(C(=O)Nc2ccc(SC(C)C(=O)Nc3nc(-c4ccc(Cl)cc4)cs3)cc2)cc1. The Morgan fingerprint density at radius 1 is 0.941 bits per heavy atom. The Morgan fingerprint density at radius 2 is 1.62 bits per heavy atom. The van der Waals surface area contributed by atoms with Crippen LogP contribution in [-0.2, 0) is 4.79 Å². The summed E-state index contributed by atoms with van der Waals surface area (Å²) in [4.78, 5) is 30.5. The Labute approximate surface area is 211 Å². The summed E-state index contributed by atoms with van der Waals surface area (Å²) >= 11 is 8.76. The van der Waals surface area contributed by atoms with Crippen molar-refractivity contribution in [1.29, 1.82) is 0 Å². The Balaban J connectivity index is 1.31. The normalized spacial score (nSPS) is 11.6. The highest BCUT2D eigenvalue weighted by molar-refractivity contribution is 8.00. The van der Waals surface area contributed by atoms with E-state index < -0.39 is 0 Å². The summed E-state index contributed by atoms with van der Waals surface area (Å²) < 4.78 is 0. The zero-order valence-electron chi connectivity index (χ0n) is 18.5. The molecule has 4 rings (SSSR count). The van der Waals surface area contributed by atoms with Crippen LogP contribution in [0.25, 0.3) is 11.3 Å². The van der Waals surface area contributed by atoms with Gasteiger partial charge in [0, 0.05) is 32.1 Å². The van der Waals surface area contributed by atoms with Gasteiger partial charge < -0.3 is 10.6 Å². The summed E-state index contributed by atoms with van der Waals surface area (Å²) in [5.41, 5.74) is 4.15. The average molecular weight is 508 g/mol. The van der Waals surface area contributed by atoms with E-state index in [-0.39, 0.29) is 17.1 Å². The number of aryl methyl sites for hydroxylation is 1. The van der Waals surface area contributed by atoms with Gasteiger partial charge >= 0.3 is 0 Å². The van der Waals surface area contributed by atoms with E-state index in [0.717, 1.165) is 21.7 Å². The van der Waals surface area contributed by atoms with E-state index >= 15 is 0 Å². The highest BCUT2D eigenvalue weighted by atomic mass is 35.5. The molecule has 0 aliphatic heterocycles. The van der Waals surface area contributed by atoms with Crippen LogP contribution in [0.1, 0.15) is 22.8 Å². The second-order valence-electron chi connectivity index (χ2n) is 7.64. The first-order valence-electron chi connectivity index (χ1n) is 10.5. The molecule has 3 aromatic carbocycles. The highest BCUT2D eigenvalue weighted by Gasteiger charge is 2.17. The van der Waals surface area contributed by atoms with Crippen LogP contribution in [0.4, 0.5) is 10.8 Å². The standard InChI is InChI=1S/C26H22ClN3O2S2/c1-16-3-5-19(6-4-16)25(32)28-21-11-13-22(14-12-21)34-17(2)24(31)30-26-29-23(15-33-26)18-7-9-20(27)10-8-18/h3-15,17H,1-2H3,(H,28,32)(H,29,30,31). The zero-order valence-corrected chi connectivity index (χ0v) is 20.9. The van der Waals surface area contributed by atoms with E-state index in [1.54, 1.807) is 12.1 Å². The number of nitrogens with zero attached hydrogens (tertiary/aromatic N) is 1. The van der Waals surface area contributed by atoms with Crippen molar-refractivity contribution < 1.29 is 9.59 Å². The molecule has 0 saturated carbocycles. The fourth-order valence-electron chi connectivity index (χ4n) is 3.07. The summed E-state index contributed by atoms with van der Waals surface area (Å²) in [6.45, 7) is 3.83. The number of hydrogen-bond acceptors (Lipinski definition) is 5. The lowest BCUT2D eigenvalue weighted by atomic mass is 10.1. The first kappa shape index (κ1) is 24.0.